The van der Waals surface area contributed by atoms with Crippen molar-refractivity contribution in [3.05, 3.63) is 0 Å². The molecule has 0 aliphatic rings. The Morgan fingerprint density at radius 2 is 1.28 bits per heavy atom. The van der Waals surface area contributed by atoms with Gasteiger partial charge in [-0.15, -0.1) is 0 Å². The molecule has 0 aliphatic heterocycles. The van der Waals surface area contributed by atoms with Crippen molar-refractivity contribution in [1.29, 1.82) is 0 Å². The van der Waals surface area contributed by atoms with E-state index >= 15 is 0 Å². The zero-order chi connectivity index (χ0) is 18.8. The van der Waals surface area contributed by atoms with Crippen LogP contribution in [-0.4, -0.2) is 34.7 Å². The highest BCUT2D eigenvalue weighted by atomic mass is 16.4. The van der Waals surface area contributed by atoms with Gasteiger partial charge in [-0.1, -0.05) is 77.6 Å². The summed E-state index contributed by atoms with van der Waals surface area (Å²) in [5.41, 5.74) is 0. The minimum atomic E-state index is -1.00. The highest BCUT2D eigenvalue weighted by Crippen LogP contribution is 2.14. The molecular formula is C20H39NO4. The van der Waals surface area contributed by atoms with E-state index in [2.05, 4.69) is 12.2 Å². The van der Waals surface area contributed by atoms with Gasteiger partial charge < -0.3 is 15.5 Å². The summed E-state index contributed by atoms with van der Waals surface area (Å²) in [5.74, 6) is -1.17. The van der Waals surface area contributed by atoms with Crippen LogP contribution in [0.5, 0.6) is 0 Å². The van der Waals surface area contributed by atoms with Gasteiger partial charge in [0.05, 0.1) is 6.10 Å². The molecule has 1 amide bonds. The van der Waals surface area contributed by atoms with Crippen LogP contribution in [-0.2, 0) is 9.59 Å². The highest BCUT2D eigenvalue weighted by molar-refractivity contribution is 5.80. The van der Waals surface area contributed by atoms with Gasteiger partial charge in [-0.25, -0.2) is 0 Å². The molecule has 0 saturated carbocycles. The minimum absolute atomic E-state index is 0.107. The van der Waals surface area contributed by atoms with Crippen molar-refractivity contribution in [2.45, 2.75) is 109 Å². The molecule has 0 fully saturated rings. The molecule has 0 aromatic heterocycles. The first-order chi connectivity index (χ1) is 12.1. The fourth-order valence-corrected chi connectivity index (χ4v) is 2.94. The van der Waals surface area contributed by atoms with Crippen molar-refractivity contribution >= 4 is 11.9 Å². The van der Waals surface area contributed by atoms with Gasteiger partial charge in [0.1, 0.15) is 6.54 Å². The predicted octanol–water partition coefficient (Wildman–Crippen LogP) is 4.42. The number of hydrogen-bond donors (Lipinski definition) is 3. The summed E-state index contributed by atoms with van der Waals surface area (Å²) in [4.78, 5) is 21.6. The lowest BCUT2D eigenvalue weighted by Crippen LogP contribution is -2.28. The molecule has 0 saturated heterocycles. The molecule has 0 aromatic carbocycles. The Hall–Kier alpha value is -1.10. The van der Waals surface area contributed by atoms with E-state index < -0.39 is 5.97 Å². The van der Waals surface area contributed by atoms with E-state index in [1.54, 1.807) is 0 Å². The second-order valence-corrected chi connectivity index (χ2v) is 7.04. The molecule has 148 valence electrons. The fourth-order valence-electron chi connectivity index (χ4n) is 2.94. The summed E-state index contributed by atoms with van der Waals surface area (Å²) in [5, 5.41) is 20.7. The molecule has 1 unspecified atom stereocenters. The highest BCUT2D eigenvalue weighted by Gasteiger charge is 2.04. The van der Waals surface area contributed by atoms with Crippen molar-refractivity contribution in [2.24, 2.45) is 0 Å². The third kappa shape index (κ3) is 19.1. The maximum absolute atomic E-state index is 11.3. The molecule has 0 radical (unpaired) electrons. The van der Waals surface area contributed by atoms with Crippen LogP contribution in [0, 0.1) is 0 Å². The van der Waals surface area contributed by atoms with E-state index in [9.17, 15) is 14.7 Å². The van der Waals surface area contributed by atoms with E-state index in [4.69, 9.17) is 5.11 Å². The number of carboxylic acid groups (broad SMARTS) is 1. The van der Waals surface area contributed by atoms with E-state index in [1.165, 1.54) is 44.9 Å². The molecule has 1 atom stereocenters. The third-order valence-corrected chi connectivity index (χ3v) is 4.52. The van der Waals surface area contributed by atoms with E-state index in [0.717, 1.165) is 44.9 Å². The standard InChI is InChI=1S/C20H39NO4/c1-2-3-4-11-14-18(22)15-12-9-7-5-6-8-10-13-16-19(23)21-17-20(24)25/h18,22H,2-17H2,1H3,(H,21,23)(H,24,25). The Labute approximate surface area is 153 Å². The SMILES string of the molecule is CCCCCCC(O)CCCCCCCCCCC(=O)NCC(=O)O. The Kier molecular flexibility index (Phi) is 16.9. The number of carbonyl (C=O) groups is 2. The fraction of sp³-hybridized carbons (Fsp3) is 0.900. The maximum Gasteiger partial charge on any atom is 0.322 e. The molecule has 0 heterocycles. The lowest BCUT2D eigenvalue weighted by atomic mass is 10.0. The number of aliphatic carboxylic acids is 1. The average molecular weight is 358 g/mol. The maximum atomic E-state index is 11.3. The molecule has 0 aliphatic carbocycles. The molecule has 0 bridgehead atoms. The zero-order valence-corrected chi connectivity index (χ0v) is 16.1. The van der Waals surface area contributed by atoms with Crippen molar-refractivity contribution in [3.63, 3.8) is 0 Å². The van der Waals surface area contributed by atoms with Gasteiger partial charge in [-0.3, -0.25) is 9.59 Å². The van der Waals surface area contributed by atoms with Gasteiger partial charge in [0.15, 0.2) is 0 Å². The number of hydrogen-bond acceptors (Lipinski definition) is 3. The topological polar surface area (TPSA) is 86.6 Å². The number of nitrogens with one attached hydrogen (secondary N) is 1. The monoisotopic (exact) mass is 357 g/mol. The molecule has 5 heteroatoms. The number of rotatable bonds is 18. The van der Waals surface area contributed by atoms with Gasteiger partial charge in [0.2, 0.25) is 5.91 Å². The van der Waals surface area contributed by atoms with Crippen LogP contribution in [0.2, 0.25) is 0 Å². The Balaban J connectivity index is 3.23. The molecule has 0 spiro atoms. The third-order valence-electron chi connectivity index (χ3n) is 4.52. The Morgan fingerprint density at radius 1 is 0.800 bits per heavy atom. The summed E-state index contributed by atoms with van der Waals surface area (Å²) < 4.78 is 0. The van der Waals surface area contributed by atoms with E-state index in [0.29, 0.717) is 6.42 Å². The summed E-state index contributed by atoms with van der Waals surface area (Å²) in [7, 11) is 0. The quantitative estimate of drug-likeness (QED) is 0.317. The van der Waals surface area contributed by atoms with Gasteiger partial charge in [-0.2, -0.15) is 0 Å². The molecular weight excluding hydrogens is 318 g/mol. The lowest BCUT2D eigenvalue weighted by molar-refractivity contribution is -0.137. The summed E-state index contributed by atoms with van der Waals surface area (Å²) in [6.45, 7) is 1.92. The first-order valence-electron chi connectivity index (χ1n) is 10.2. The number of aliphatic hydroxyl groups is 1. The van der Waals surface area contributed by atoms with Crippen LogP contribution >= 0.6 is 0 Å². The van der Waals surface area contributed by atoms with Gasteiger partial charge in [0.25, 0.3) is 0 Å². The first-order valence-corrected chi connectivity index (χ1v) is 10.2. The summed E-state index contributed by atoms with van der Waals surface area (Å²) in [6.07, 6.45) is 16.1. The number of carbonyl (C=O) groups excluding carboxylic acids is 1. The smallest absolute Gasteiger partial charge is 0.322 e. The van der Waals surface area contributed by atoms with E-state index in [-0.39, 0.29) is 18.6 Å². The average Bonchev–Trinajstić information content (AvgIpc) is 2.58. The van der Waals surface area contributed by atoms with Gasteiger partial charge in [0, 0.05) is 6.42 Å². The number of carboxylic acids is 1. The second-order valence-electron chi connectivity index (χ2n) is 7.04. The number of amides is 1. The molecule has 25 heavy (non-hydrogen) atoms. The van der Waals surface area contributed by atoms with Crippen molar-refractivity contribution in [1.82, 2.24) is 5.32 Å². The van der Waals surface area contributed by atoms with Crippen LogP contribution in [0.3, 0.4) is 0 Å². The van der Waals surface area contributed by atoms with Gasteiger partial charge in [-0.05, 0) is 19.3 Å². The predicted molar refractivity (Wildman–Crippen MR) is 102 cm³/mol. The number of aliphatic hydroxyl groups excluding tert-OH is 1. The zero-order valence-electron chi connectivity index (χ0n) is 16.1. The van der Waals surface area contributed by atoms with E-state index in [1.807, 2.05) is 0 Å². The van der Waals surface area contributed by atoms with Crippen molar-refractivity contribution in [2.75, 3.05) is 6.54 Å². The molecule has 5 nitrogen and oxygen atoms in total. The van der Waals surface area contributed by atoms with Crippen LogP contribution < -0.4 is 5.32 Å². The van der Waals surface area contributed by atoms with Crippen molar-refractivity contribution < 1.29 is 19.8 Å². The van der Waals surface area contributed by atoms with Gasteiger partial charge >= 0.3 is 5.97 Å². The molecule has 0 aromatic rings. The first kappa shape index (κ1) is 23.9. The van der Waals surface area contributed by atoms with Crippen LogP contribution in [0.4, 0.5) is 0 Å². The summed E-state index contributed by atoms with van der Waals surface area (Å²) in [6, 6.07) is 0. The Morgan fingerprint density at radius 3 is 1.80 bits per heavy atom. The summed E-state index contributed by atoms with van der Waals surface area (Å²) >= 11 is 0. The molecule has 3 N–H and O–H groups in total. The number of unbranched alkanes of at least 4 members (excludes halogenated alkanes) is 10. The molecule has 0 rings (SSSR count). The lowest BCUT2D eigenvalue weighted by Gasteiger charge is -2.10. The van der Waals surface area contributed by atoms with Crippen LogP contribution in [0.15, 0.2) is 0 Å². The van der Waals surface area contributed by atoms with Crippen molar-refractivity contribution in [3.8, 4) is 0 Å². The van der Waals surface area contributed by atoms with Crippen LogP contribution in [0.25, 0.3) is 0 Å². The second kappa shape index (κ2) is 17.7. The largest absolute Gasteiger partial charge is 0.480 e. The Bertz CT molecular complexity index is 334. The minimum Gasteiger partial charge on any atom is -0.480 e. The normalized spacial score (nSPS) is 12.1. The van der Waals surface area contributed by atoms with Crippen LogP contribution in [0.1, 0.15) is 103 Å².